The number of hydrogen-bond acceptors (Lipinski definition) is 3. The van der Waals surface area contributed by atoms with Gasteiger partial charge in [0.25, 0.3) is 0 Å². The zero-order valence-electron chi connectivity index (χ0n) is 18.4. The van der Waals surface area contributed by atoms with Gasteiger partial charge in [0.1, 0.15) is 0 Å². The molecule has 2 atom stereocenters. The number of piperidine rings is 1. The van der Waals surface area contributed by atoms with Crippen molar-refractivity contribution in [1.82, 2.24) is 15.1 Å². The van der Waals surface area contributed by atoms with Crippen LogP contribution in [-0.4, -0.2) is 60.1 Å². The number of halogens is 3. The van der Waals surface area contributed by atoms with E-state index in [1.165, 1.54) is 28.9 Å². The SMILES string of the molecule is C[C@H](NC(=O)[C@H]1CCCN1C1CCN(CC(F)(F)F)CC1)c1ccc2c(c1)CCCC2. The second-order valence-corrected chi connectivity index (χ2v) is 9.48. The molecule has 2 saturated heterocycles. The number of fused-ring (bicyclic) bond motifs is 1. The zero-order valence-corrected chi connectivity index (χ0v) is 18.4. The van der Waals surface area contributed by atoms with Crippen molar-refractivity contribution in [1.29, 1.82) is 0 Å². The Hall–Kier alpha value is -1.60. The molecule has 1 aliphatic carbocycles. The summed E-state index contributed by atoms with van der Waals surface area (Å²) in [6, 6.07) is 6.58. The molecule has 1 N–H and O–H groups in total. The lowest BCUT2D eigenvalue weighted by molar-refractivity contribution is -0.149. The number of likely N-dealkylation sites (tertiary alicyclic amines) is 2. The predicted octanol–water partition coefficient (Wildman–Crippen LogP) is 4.23. The summed E-state index contributed by atoms with van der Waals surface area (Å²) in [5.41, 5.74) is 4.00. The molecule has 2 fully saturated rings. The van der Waals surface area contributed by atoms with Crippen molar-refractivity contribution in [3.63, 3.8) is 0 Å². The Labute approximate surface area is 183 Å². The number of nitrogens with one attached hydrogen (secondary N) is 1. The molecule has 0 unspecified atom stereocenters. The number of alkyl halides is 3. The van der Waals surface area contributed by atoms with Crippen LogP contribution < -0.4 is 5.32 Å². The lowest BCUT2D eigenvalue weighted by Crippen LogP contribution is -2.52. The van der Waals surface area contributed by atoms with E-state index in [4.69, 9.17) is 0 Å². The Kier molecular flexibility index (Phi) is 6.92. The first-order valence-electron chi connectivity index (χ1n) is 11.8. The van der Waals surface area contributed by atoms with E-state index in [1.54, 1.807) is 0 Å². The maximum atomic E-state index is 13.1. The van der Waals surface area contributed by atoms with Crippen LogP contribution >= 0.6 is 0 Å². The van der Waals surface area contributed by atoms with Crippen LogP contribution in [0.1, 0.15) is 68.2 Å². The van der Waals surface area contributed by atoms with Crippen molar-refractivity contribution in [2.45, 2.75) is 82.6 Å². The van der Waals surface area contributed by atoms with Gasteiger partial charge in [-0.25, -0.2) is 0 Å². The Morgan fingerprint density at radius 1 is 1.06 bits per heavy atom. The highest BCUT2D eigenvalue weighted by Gasteiger charge is 2.39. The third-order valence-electron chi connectivity index (χ3n) is 7.26. The van der Waals surface area contributed by atoms with Crippen LogP contribution in [0.25, 0.3) is 0 Å². The molecule has 1 amide bonds. The lowest BCUT2D eigenvalue weighted by atomic mass is 9.89. The number of amides is 1. The predicted molar refractivity (Wildman–Crippen MR) is 115 cm³/mol. The minimum absolute atomic E-state index is 0.0455. The molecule has 1 aromatic carbocycles. The number of hydrogen-bond donors (Lipinski definition) is 1. The van der Waals surface area contributed by atoms with Crippen molar-refractivity contribution in [2.75, 3.05) is 26.2 Å². The number of rotatable bonds is 5. The number of benzene rings is 1. The molecule has 0 aromatic heterocycles. The molecular formula is C24H34F3N3O. The first kappa shape index (κ1) is 22.6. The van der Waals surface area contributed by atoms with E-state index < -0.39 is 12.7 Å². The highest BCUT2D eigenvalue weighted by molar-refractivity contribution is 5.82. The number of carbonyl (C=O) groups is 1. The van der Waals surface area contributed by atoms with E-state index in [1.807, 2.05) is 6.92 Å². The third-order valence-corrected chi connectivity index (χ3v) is 7.26. The molecule has 31 heavy (non-hydrogen) atoms. The van der Waals surface area contributed by atoms with Gasteiger partial charge in [-0.2, -0.15) is 13.2 Å². The largest absolute Gasteiger partial charge is 0.401 e. The fourth-order valence-corrected chi connectivity index (χ4v) is 5.59. The maximum absolute atomic E-state index is 13.1. The first-order chi connectivity index (χ1) is 14.8. The van der Waals surface area contributed by atoms with Crippen molar-refractivity contribution in [2.24, 2.45) is 0 Å². The molecule has 0 spiro atoms. The van der Waals surface area contributed by atoms with Gasteiger partial charge in [-0.1, -0.05) is 18.2 Å². The fraction of sp³-hybridized carbons (Fsp3) is 0.708. The molecule has 3 aliphatic rings. The topological polar surface area (TPSA) is 35.6 Å². The molecule has 4 rings (SSSR count). The summed E-state index contributed by atoms with van der Waals surface area (Å²) >= 11 is 0. The van der Waals surface area contributed by atoms with Crippen molar-refractivity contribution in [3.8, 4) is 0 Å². The number of aryl methyl sites for hydroxylation is 2. The van der Waals surface area contributed by atoms with Gasteiger partial charge < -0.3 is 5.32 Å². The van der Waals surface area contributed by atoms with Crippen molar-refractivity contribution in [3.05, 3.63) is 34.9 Å². The highest BCUT2D eigenvalue weighted by Crippen LogP contribution is 2.29. The minimum Gasteiger partial charge on any atom is -0.348 e. The smallest absolute Gasteiger partial charge is 0.348 e. The Morgan fingerprint density at radius 3 is 2.48 bits per heavy atom. The minimum atomic E-state index is -4.14. The summed E-state index contributed by atoms with van der Waals surface area (Å²) in [6.07, 6.45) is 3.79. The van der Waals surface area contributed by atoms with Crippen LogP contribution in [0.4, 0.5) is 13.2 Å². The first-order valence-corrected chi connectivity index (χ1v) is 11.8. The molecule has 0 radical (unpaired) electrons. The van der Waals surface area contributed by atoms with Crippen LogP contribution in [0.15, 0.2) is 18.2 Å². The molecule has 0 bridgehead atoms. The number of nitrogens with zero attached hydrogens (tertiary/aromatic N) is 2. The van der Waals surface area contributed by atoms with E-state index in [0.717, 1.165) is 37.8 Å². The van der Waals surface area contributed by atoms with Crippen LogP contribution in [-0.2, 0) is 17.6 Å². The van der Waals surface area contributed by atoms with Crippen molar-refractivity contribution < 1.29 is 18.0 Å². The molecule has 0 saturated carbocycles. The average molecular weight is 438 g/mol. The summed E-state index contributed by atoms with van der Waals surface area (Å²) < 4.78 is 38.0. The monoisotopic (exact) mass is 437 g/mol. The lowest BCUT2D eigenvalue weighted by Gasteiger charge is -2.39. The van der Waals surface area contributed by atoms with E-state index in [2.05, 4.69) is 28.4 Å². The summed E-state index contributed by atoms with van der Waals surface area (Å²) in [4.78, 5) is 16.8. The second kappa shape index (κ2) is 9.49. The van der Waals surface area contributed by atoms with E-state index >= 15 is 0 Å². The summed E-state index contributed by atoms with van der Waals surface area (Å²) in [5.74, 6) is 0.0560. The quantitative estimate of drug-likeness (QED) is 0.749. The van der Waals surface area contributed by atoms with Crippen LogP contribution in [0.3, 0.4) is 0 Å². The van der Waals surface area contributed by atoms with Crippen molar-refractivity contribution >= 4 is 5.91 Å². The number of carbonyl (C=O) groups excluding carboxylic acids is 1. The molecular weight excluding hydrogens is 403 g/mol. The van der Waals surface area contributed by atoms with Gasteiger partial charge in [0.15, 0.2) is 0 Å². The van der Waals surface area contributed by atoms with Crippen LogP contribution in [0, 0.1) is 0 Å². The van der Waals surface area contributed by atoms with E-state index in [9.17, 15) is 18.0 Å². The molecule has 2 heterocycles. The standard InChI is InChI=1S/C24H34F3N3O/c1-17(19-9-8-18-5-2-3-6-20(18)15-19)28-23(31)22-7-4-12-30(22)21-10-13-29(14-11-21)16-24(25,26)27/h8-9,15,17,21-22H,2-7,10-14,16H2,1H3,(H,28,31)/t17-,22+/m0/s1. The Bertz CT molecular complexity index is 774. The van der Waals surface area contributed by atoms with Gasteiger partial charge in [-0.3, -0.25) is 14.6 Å². The maximum Gasteiger partial charge on any atom is 0.401 e. The van der Waals surface area contributed by atoms with Gasteiger partial charge in [0.2, 0.25) is 5.91 Å². The fourth-order valence-electron chi connectivity index (χ4n) is 5.59. The van der Waals surface area contributed by atoms with E-state index in [0.29, 0.717) is 25.9 Å². The molecule has 1 aromatic rings. The molecule has 4 nitrogen and oxygen atoms in total. The van der Waals surface area contributed by atoms with E-state index in [-0.39, 0.29) is 24.0 Å². The molecule has 7 heteroatoms. The highest BCUT2D eigenvalue weighted by atomic mass is 19.4. The summed E-state index contributed by atoms with van der Waals surface area (Å²) in [7, 11) is 0. The average Bonchev–Trinajstić information content (AvgIpc) is 3.23. The van der Waals surface area contributed by atoms with Gasteiger partial charge >= 0.3 is 6.18 Å². The Morgan fingerprint density at radius 2 is 1.77 bits per heavy atom. The summed E-state index contributed by atoms with van der Waals surface area (Å²) in [6.45, 7) is 2.95. The molecule has 172 valence electrons. The van der Waals surface area contributed by atoms with Gasteiger partial charge in [-0.15, -0.1) is 0 Å². The normalized spacial score (nSPS) is 24.7. The zero-order chi connectivity index (χ0) is 22.0. The third kappa shape index (κ3) is 5.61. The summed E-state index contributed by atoms with van der Waals surface area (Å²) in [5, 5.41) is 3.21. The van der Waals surface area contributed by atoms with Crippen LogP contribution in [0.5, 0.6) is 0 Å². The van der Waals surface area contributed by atoms with Gasteiger partial charge in [-0.05, 0) is 94.6 Å². The van der Waals surface area contributed by atoms with Crippen LogP contribution in [0.2, 0.25) is 0 Å². The second-order valence-electron chi connectivity index (χ2n) is 9.48. The van der Waals surface area contributed by atoms with Gasteiger partial charge in [0.05, 0.1) is 18.6 Å². The van der Waals surface area contributed by atoms with Gasteiger partial charge in [0, 0.05) is 6.04 Å². The molecule has 2 aliphatic heterocycles. The Balaban J connectivity index is 1.33.